The highest BCUT2D eigenvalue weighted by Crippen LogP contribution is 2.23. The molecule has 0 aliphatic carbocycles. The maximum absolute atomic E-state index is 13.5. The molecule has 1 saturated heterocycles. The zero-order valence-corrected chi connectivity index (χ0v) is 15.7. The van der Waals surface area contributed by atoms with Gasteiger partial charge in [-0.05, 0) is 23.3 Å². The van der Waals surface area contributed by atoms with Crippen LogP contribution in [-0.4, -0.2) is 33.6 Å². The Hall–Kier alpha value is -3.27. The number of rotatable bonds is 7. The number of carboxylic acids is 1. The molecule has 0 bridgehead atoms. The van der Waals surface area contributed by atoms with Crippen LogP contribution in [0.2, 0.25) is 0 Å². The van der Waals surface area contributed by atoms with E-state index in [0.717, 1.165) is 23.9 Å². The second kappa shape index (κ2) is 9.28. The molecule has 7 nitrogen and oxygen atoms in total. The summed E-state index contributed by atoms with van der Waals surface area (Å²) < 4.78 is 32.3. The SMILES string of the molecule is O=C(O)CC1SC(=NN=Cc2ccc(COc3c(F)cccc3F)cc2)NC1=O. The third-order valence-corrected chi connectivity index (χ3v) is 4.85. The summed E-state index contributed by atoms with van der Waals surface area (Å²) in [5.41, 5.74) is 1.40. The molecule has 2 N–H and O–H groups in total. The Bertz CT molecular complexity index is 960. The second-order valence-corrected chi connectivity index (χ2v) is 7.12. The average molecular weight is 419 g/mol. The van der Waals surface area contributed by atoms with Crippen molar-refractivity contribution in [2.45, 2.75) is 18.3 Å². The summed E-state index contributed by atoms with van der Waals surface area (Å²) in [6.45, 7) is -0.00872. The van der Waals surface area contributed by atoms with Gasteiger partial charge in [-0.25, -0.2) is 8.78 Å². The van der Waals surface area contributed by atoms with Gasteiger partial charge in [0.1, 0.15) is 11.9 Å². The predicted molar refractivity (Wildman–Crippen MR) is 104 cm³/mol. The van der Waals surface area contributed by atoms with Gasteiger partial charge in [0.25, 0.3) is 0 Å². The topological polar surface area (TPSA) is 100 Å². The highest BCUT2D eigenvalue weighted by atomic mass is 32.2. The fourth-order valence-electron chi connectivity index (χ4n) is 2.37. The summed E-state index contributed by atoms with van der Waals surface area (Å²) in [4.78, 5) is 22.3. The molecule has 150 valence electrons. The van der Waals surface area contributed by atoms with Crippen molar-refractivity contribution in [2.75, 3.05) is 0 Å². The van der Waals surface area contributed by atoms with Crippen LogP contribution in [-0.2, 0) is 16.2 Å². The van der Waals surface area contributed by atoms with Crippen LogP contribution in [0.3, 0.4) is 0 Å². The van der Waals surface area contributed by atoms with E-state index in [1.54, 1.807) is 24.3 Å². The van der Waals surface area contributed by atoms with Crippen LogP contribution < -0.4 is 10.1 Å². The Morgan fingerprint density at radius 2 is 1.90 bits per heavy atom. The summed E-state index contributed by atoms with van der Waals surface area (Å²) in [6.07, 6.45) is 1.16. The van der Waals surface area contributed by atoms with Crippen LogP contribution >= 0.6 is 11.8 Å². The molecule has 2 aromatic rings. The molecular weight excluding hydrogens is 404 g/mol. The lowest BCUT2D eigenvalue weighted by Crippen LogP contribution is -2.26. The van der Waals surface area contributed by atoms with Gasteiger partial charge in [0.2, 0.25) is 5.91 Å². The van der Waals surface area contributed by atoms with Crippen molar-refractivity contribution in [3.8, 4) is 5.75 Å². The number of hydrogen-bond acceptors (Lipinski definition) is 6. The summed E-state index contributed by atoms with van der Waals surface area (Å²) in [5.74, 6) is -3.44. The zero-order chi connectivity index (χ0) is 20.8. The Labute approximate surface area is 168 Å². The van der Waals surface area contributed by atoms with Crippen LogP contribution in [0.15, 0.2) is 52.7 Å². The lowest BCUT2D eigenvalue weighted by atomic mass is 10.1. The van der Waals surface area contributed by atoms with Gasteiger partial charge < -0.3 is 15.2 Å². The van der Waals surface area contributed by atoms with Crippen molar-refractivity contribution in [1.29, 1.82) is 0 Å². The number of hydrogen-bond donors (Lipinski definition) is 2. The minimum absolute atomic E-state index is 0.00872. The number of aliphatic carboxylic acids is 1. The van der Waals surface area contributed by atoms with E-state index in [1.165, 1.54) is 12.3 Å². The van der Waals surface area contributed by atoms with Gasteiger partial charge in [0, 0.05) is 0 Å². The van der Waals surface area contributed by atoms with Crippen LogP contribution in [0.5, 0.6) is 5.75 Å². The lowest BCUT2D eigenvalue weighted by Gasteiger charge is -2.08. The molecule has 29 heavy (non-hydrogen) atoms. The molecule has 0 saturated carbocycles. The zero-order valence-electron chi connectivity index (χ0n) is 14.8. The number of amidine groups is 1. The highest BCUT2D eigenvalue weighted by molar-refractivity contribution is 8.15. The first-order chi connectivity index (χ1) is 13.9. The normalized spacial score (nSPS) is 17.7. The molecule has 1 aliphatic heterocycles. The molecule has 0 aromatic heterocycles. The Balaban J connectivity index is 1.55. The van der Waals surface area contributed by atoms with Gasteiger partial charge in [-0.15, -0.1) is 5.10 Å². The van der Waals surface area contributed by atoms with Crippen molar-refractivity contribution in [3.05, 3.63) is 65.2 Å². The minimum atomic E-state index is -1.07. The fourth-order valence-corrected chi connectivity index (χ4v) is 3.28. The monoisotopic (exact) mass is 419 g/mol. The van der Waals surface area contributed by atoms with Gasteiger partial charge in [0.15, 0.2) is 22.6 Å². The Morgan fingerprint density at radius 3 is 2.55 bits per heavy atom. The number of nitrogens with one attached hydrogen (secondary N) is 1. The molecular formula is C19H15F2N3O4S. The summed E-state index contributed by atoms with van der Waals surface area (Å²) >= 11 is 1.01. The number of thioether (sulfide) groups is 1. The summed E-state index contributed by atoms with van der Waals surface area (Å²) in [7, 11) is 0. The Kier molecular flexibility index (Phi) is 6.55. The molecule has 1 heterocycles. The van der Waals surface area contributed by atoms with E-state index in [1.807, 2.05) is 0 Å². The van der Waals surface area contributed by atoms with E-state index >= 15 is 0 Å². The largest absolute Gasteiger partial charge is 0.483 e. The third kappa shape index (κ3) is 5.61. The first-order valence-electron chi connectivity index (χ1n) is 8.38. The Morgan fingerprint density at radius 1 is 1.21 bits per heavy atom. The summed E-state index contributed by atoms with van der Waals surface area (Å²) in [6, 6.07) is 10.4. The first kappa shape index (κ1) is 20.5. The molecule has 1 atom stereocenters. The van der Waals surface area contributed by atoms with Crippen molar-refractivity contribution < 1.29 is 28.2 Å². The predicted octanol–water partition coefficient (Wildman–Crippen LogP) is 2.94. The number of ether oxygens (including phenoxy) is 1. The molecule has 1 fully saturated rings. The van der Waals surface area contributed by atoms with Gasteiger partial charge in [-0.3, -0.25) is 9.59 Å². The molecule has 1 amide bonds. The lowest BCUT2D eigenvalue weighted by molar-refractivity contribution is -0.138. The van der Waals surface area contributed by atoms with Crippen LogP contribution in [0.25, 0.3) is 0 Å². The third-order valence-electron chi connectivity index (χ3n) is 3.77. The quantitative estimate of drug-likeness (QED) is 0.531. The maximum atomic E-state index is 13.5. The number of carboxylic acid groups (broad SMARTS) is 1. The van der Waals surface area contributed by atoms with Crippen LogP contribution in [0.4, 0.5) is 8.78 Å². The number of halogens is 2. The van der Waals surface area contributed by atoms with Crippen molar-refractivity contribution in [2.24, 2.45) is 10.2 Å². The van der Waals surface area contributed by atoms with Gasteiger partial charge >= 0.3 is 5.97 Å². The van der Waals surface area contributed by atoms with Gasteiger partial charge in [-0.2, -0.15) is 5.10 Å². The van der Waals surface area contributed by atoms with Gasteiger partial charge in [-0.1, -0.05) is 42.1 Å². The maximum Gasteiger partial charge on any atom is 0.305 e. The van der Waals surface area contributed by atoms with E-state index in [9.17, 15) is 18.4 Å². The van der Waals surface area contributed by atoms with Crippen molar-refractivity contribution in [1.82, 2.24) is 5.32 Å². The first-order valence-corrected chi connectivity index (χ1v) is 9.26. The summed E-state index contributed by atoms with van der Waals surface area (Å²) in [5, 5.41) is 18.4. The van der Waals surface area contributed by atoms with Crippen molar-refractivity contribution >= 4 is 35.0 Å². The number of benzene rings is 2. The van der Waals surface area contributed by atoms with Crippen molar-refractivity contribution in [3.63, 3.8) is 0 Å². The number of para-hydroxylation sites is 1. The minimum Gasteiger partial charge on any atom is -0.483 e. The van der Waals surface area contributed by atoms with E-state index < -0.39 is 34.5 Å². The molecule has 2 aromatic carbocycles. The van der Waals surface area contributed by atoms with E-state index in [-0.39, 0.29) is 18.2 Å². The van der Waals surface area contributed by atoms with E-state index in [0.29, 0.717) is 11.1 Å². The molecule has 0 radical (unpaired) electrons. The number of carbonyl (C=O) groups is 2. The number of carbonyl (C=O) groups excluding carboxylic acids is 1. The molecule has 1 aliphatic rings. The number of amides is 1. The van der Waals surface area contributed by atoms with Crippen LogP contribution in [0.1, 0.15) is 17.5 Å². The highest BCUT2D eigenvalue weighted by Gasteiger charge is 2.32. The molecule has 3 rings (SSSR count). The number of nitrogens with zero attached hydrogens (tertiary/aromatic N) is 2. The molecule has 1 unspecified atom stereocenters. The van der Waals surface area contributed by atoms with Crippen LogP contribution in [0, 0.1) is 11.6 Å². The molecule has 0 spiro atoms. The van der Waals surface area contributed by atoms with Gasteiger partial charge in [0.05, 0.1) is 12.6 Å². The fraction of sp³-hybridized carbons (Fsp3) is 0.158. The van der Waals surface area contributed by atoms with E-state index in [2.05, 4.69) is 15.5 Å². The second-order valence-electron chi connectivity index (χ2n) is 5.92. The average Bonchev–Trinajstić information content (AvgIpc) is 3.01. The standard InChI is InChI=1S/C19H15F2N3O4S/c20-13-2-1-3-14(21)17(13)28-10-12-6-4-11(5-7-12)9-22-24-19-23-18(27)15(29-19)8-16(25)26/h1-7,9,15H,8,10H2,(H,25,26)(H,23,24,27). The van der Waals surface area contributed by atoms with E-state index in [4.69, 9.17) is 9.84 Å². The molecule has 10 heteroatoms. The smallest absolute Gasteiger partial charge is 0.305 e.